The second-order valence-electron chi connectivity index (χ2n) is 28.1. The van der Waals surface area contributed by atoms with Crippen LogP contribution in [0.15, 0.2) is 12.2 Å². The lowest BCUT2D eigenvalue weighted by Crippen LogP contribution is -2.69. The summed E-state index contributed by atoms with van der Waals surface area (Å²) in [5, 5.41) is 110. The van der Waals surface area contributed by atoms with Crippen molar-refractivity contribution in [2.75, 3.05) is 26.4 Å². The summed E-state index contributed by atoms with van der Waals surface area (Å²) in [4.78, 5) is 51.0. The zero-order valence-electron chi connectivity index (χ0n) is 60.8. The number of aliphatic hydroxyl groups excluding tert-OH is 10. The monoisotopic (exact) mass is 1440 g/mol. The van der Waals surface area contributed by atoms with Crippen molar-refractivity contribution < 1.29 is 117 Å². The van der Waals surface area contributed by atoms with E-state index in [0.717, 1.165) is 96.3 Å². The molecule has 24 nitrogen and oxygen atoms in total. The Morgan fingerprint density at radius 2 is 0.707 bits per heavy atom. The predicted molar refractivity (Wildman–Crippen MR) is 375 cm³/mol. The minimum Gasteiger partial charge on any atom is -0.463 e. The normalized spacial score (nSPS) is 27.5. The maximum atomic E-state index is 14.3. The average molecular weight is 1440 g/mol. The summed E-state index contributed by atoms with van der Waals surface area (Å²) in [5.74, 6) is -1.99. The van der Waals surface area contributed by atoms with Gasteiger partial charge in [0.25, 0.3) is 0 Å². The van der Waals surface area contributed by atoms with Crippen molar-refractivity contribution in [1.29, 1.82) is 0 Å². The third-order valence-corrected chi connectivity index (χ3v) is 20.3. The molecule has 3 aliphatic rings. The number of allylic oxidation sites excluding steroid dienone is 2. The van der Waals surface area contributed by atoms with Crippen LogP contribution in [0.1, 0.15) is 310 Å². The number of phosphoric acid groups is 1. The van der Waals surface area contributed by atoms with Gasteiger partial charge in [0.2, 0.25) is 0 Å². The zero-order chi connectivity index (χ0) is 72.5. The van der Waals surface area contributed by atoms with Gasteiger partial charge < -0.3 is 89.1 Å². The molecule has 0 aromatic heterocycles. The summed E-state index contributed by atoms with van der Waals surface area (Å²) in [6, 6.07) is 0. The van der Waals surface area contributed by atoms with Crippen LogP contribution in [0.2, 0.25) is 0 Å². The first kappa shape index (κ1) is 90.9. The molecule has 11 N–H and O–H groups in total. The second-order valence-corrected chi connectivity index (χ2v) is 29.5. The molecule has 2 heterocycles. The minimum absolute atomic E-state index is 0.00969. The number of unbranched alkanes of at least 4 members (excludes halogenated alkanes) is 38. The molecule has 2 aliphatic heterocycles. The summed E-state index contributed by atoms with van der Waals surface area (Å²) in [6.45, 7) is 3.46. The Hall–Kier alpha value is -2.30. The van der Waals surface area contributed by atoms with E-state index in [4.69, 9.17) is 42.2 Å². The Balaban J connectivity index is 1.72. The molecular weight excluding hydrogens is 1300 g/mol. The Morgan fingerprint density at radius 3 is 1.10 bits per heavy atom. The summed E-state index contributed by atoms with van der Waals surface area (Å²) in [5.41, 5.74) is 0. The number of rotatable bonds is 61. The molecule has 0 bridgehead atoms. The first-order valence-corrected chi connectivity index (χ1v) is 40.5. The van der Waals surface area contributed by atoms with Crippen LogP contribution in [0, 0.1) is 0 Å². The van der Waals surface area contributed by atoms with E-state index >= 15 is 0 Å². The van der Waals surface area contributed by atoms with Gasteiger partial charge in [0.15, 0.2) is 18.7 Å². The van der Waals surface area contributed by atoms with Gasteiger partial charge in [0.05, 0.1) is 13.2 Å². The summed E-state index contributed by atoms with van der Waals surface area (Å²) >= 11 is 0. The molecule has 0 amide bonds. The van der Waals surface area contributed by atoms with E-state index in [1.165, 1.54) is 154 Å². The lowest BCUT2D eigenvalue weighted by Gasteiger charge is -2.49. The number of ether oxygens (including phenoxy) is 7. The molecule has 0 spiro atoms. The molecule has 0 aromatic carbocycles. The van der Waals surface area contributed by atoms with Gasteiger partial charge in [-0.05, 0) is 44.9 Å². The van der Waals surface area contributed by atoms with E-state index in [-0.39, 0.29) is 19.3 Å². The fourth-order valence-corrected chi connectivity index (χ4v) is 13.9. The Labute approximate surface area is 592 Å². The highest BCUT2D eigenvalue weighted by atomic mass is 31.2. The summed E-state index contributed by atoms with van der Waals surface area (Å²) in [6.07, 6.45) is 15.5. The van der Waals surface area contributed by atoms with Crippen LogP contribution < -0.4 is 0 Å². The van der Waals surface area contributed by atoms with E-state index in [9.17, 15) is 74.9 Å². The number of aliphatic hydroxyl groups is 10. The molecule has 1 saturated carbocycles. The van der Waals surface area contributed by atoms with Gasteiger partial charge in [-0.15, -0.1) is 0 Å². The van der Waals surface area contributed by atoms with E-state index in [1.807, 2.05) is 0 Å². The lowest BCUT2D eigenvalue weighted by molar-refractivity contribution is -0.360. The maximum absolute atomic E-state index is 14.3. The van der Waals surface area contributed by atoms with E-state index < -0.39 is 156 Å². The Kier molecular flexibility index (Phi) is 51.5. The van der Waals surface area contributed by atoms with Gasteiger partial charge in [0.1, 0.15) is 98.7 Å². The smallest absolute Gasteiger partial charge is 0.463 e. The van der Waals surface area contributed by atoms with Crippen LogP contribution in [-0.2, 0) is 61.2 Å². The molecule has 2 saturated heterocycles. The molecule has 18 atom stereocenters. The van der Waals surface area contributed by atoms with Gasteiger partial charge in [-0.1, -0.05) is 258 Å². The third kappa shape index (κ3) is 39.0. The van der Waals surface area contributed by atoms with Crippen molar-refractivity contribution >= 4 is 25.7 Å². The van der Waals surface area contributed by atoms with Crippen molar-refractivity contribution in [2.24, 2.45) is 0 Å². The fourth-order valence-electron chi connectivity index (χ4n) is 12.9. The lowest BCUT2D eigenvalue weighted by atomic mass is 9.84. The molecule has 3 rings (SSSR count). The summed E-state index contributed by atoms with van der Waals surface area (Å²) < 4.78 is 65.1. The van der Waals surface area contributed by atoms with Crippen LogP contribution in [0.25, 0.3) is 0 Å². The first-order valence-electron chi connectivity index (χ1n) is 39.0. The number of carbonyl (C=O) groups is 3. The highest BCUT2D eigenvalue weighted by molar-refractivity contribution is 7.47. The van der Waals surface area contributed by atoms with Crippen LogP contribution >= 0.6 is 7.82 Å². The number of hydrogen-bond acceptors (Lipinski definition) is 23. The number of esters is 3. The quantitative estimate of drug-likeness (QED) is 0.00886. The molecule has 582 valence electrons. The third-order valence-electron chi connectivity index (χ3n) is 19.3. The number of hydrogen-bond donors (Lipinski definition) is 11. The maximum Gasteiger partial charge on any atom is 0.472 e. The second kappa shape index (κ2) is 56.1. The Morgan fingerprint density at radius 1 is 0.384 bits per heavy atom. The van der Waals surface area contributed by atoms with Crippen LogP contribution in [0.5, 0.6) is 0 Å². The molecule has 1 aliphatic carbocycles. The standard InChI is InChI=1S/C74H137O24P/c1-4-7-10-13-16-19-22-25-27-28-29-32-35-38-41-44-47-50-60(78)93-55(52-90-58(76)48-45-42-39-36-33-30-24-21-18-15-12-9-6-3)53-92-99(88,89)98-72-70(96-73-68(86)63(81)61(79)56(51-75)94-73)66(84)65(83)67(85)71(72)97-74-69(87)64(82)62(80)57(95-74)54-91-59(77)49-46-43-40-37-34-31-26-23-20-17-14-11-8-5-2/h31,34,55-57,61-75,79-87H,4-30,32-33,35-54H2,1-3H3,(H,88,89)/b34-31-. The largest absolute Gasteiger partial charge is 0.472 e. The van der Waals surface area contributed by atoms with Crippen molar-refractivity contribution in [3.8, 4) is 0 Å². The molecule has 18 unspecified atom stereocenters. The molecule has 25 heteroatoms. The van der Waals surface area contributed by atoms with Gasteiger partial charge in [-0.25, -0.2) is 4.57 Å². The summed E-state index contributed by atoms with van der Waals surface area (Å²) in [7, 11) is -5.70. The van der Waals surface area contributed by atoms with Crippen LogP contribution in [0.4, 0.5) is 0 Å². The van der Waals surface area contributed by atoms with Crippen molar-refractivity contribution in [2.45, 2.75) is 414 Å². The van der Waals surface area contributed by atoms with Gasteiger partial charge in [-0.2, -0.15) is 0 Å². The fraction of sp³-hybridized carbons (Fsp3) is 0.932. The zero-order valence-corrected chi connectivity index (χ0v) is 61.7. The highest BCUT2D eigenvalue weighted by Gasteiger charge is 2.58. The molecule has 3 fully saturated rings. The van der Waals surface area contributed by atoms with Crippen LogP contribution in [-0.4, -0.2) is 204 Å². The molecule has 99 heavy (non-hydrogen) atoms. The highest BCUT2D eigenvalue weighted by Crippen LogP contribution is 2.49. The van der Waals surface area contributed by atoms with Crippen molar-refractivity contribution in [3.63, 3.8) is 0 Å². The molecular formula is C74H137O24P. The van der Waals surface area contributed by atoms with E-state index in [1.54, 1.807) is 0 Å². The van der Waals surface area contributed by atoms with E-state index in [2.05, 4.69) is 32.9 Å². The average Bonchev–Trinajstić information content (AvgIpc) is 0.762. The van der Waals surface area contributed by atoms with Crippen LogP contribution in [0.3, 0.4) is 0 Å². The minimum atomic E-state index is -5.70. The predicted octanol–water partition coefficient (Wildman–Crippen LogP) is 11.1. The topological polar surface area (TPSA) is 374 Å². The van der Waals surface area contributed by atoms with Gasteiger partial charge in [-0.3, -0.25) is 23.4 Å². The van der Waals surface area contributed by atoms with Crippen molar-refractivity contribution in [1.82, 2.24) is 0 Å². The van der Waals surface area contributed by atoms with Crippen molar-refractivity contribution in [3.05, 3.63) is 12.2 Å². The van der Waals surface area contributed by atoms with Gasteiger partial charge in [0, 0.05) is 19.3 Å². The number of phosphoric ester groups is 1. The first-order chi connectivity index (χ1) is 47.8. The SMILES string of the molecule is CCCCCCCCC/C=C\CCCCCC(=O)OCC1OC(OC2C(O)C(O)C(O)C(OC3OC(CO)C(O)C(O)C3O)C2OP(=O)(O)OCC(COC(=O)CCCCCCCCCCCCCCC)OC(=O)CCCCCCCCCCCCCCCCCCC)C(O)C(O)C1O. The van der Waals surface area contributed by atoms with E-state index in [0.29, 0.717) is 19.3 Å². The number of carbonyl (C=O) groups excluding carboxylic acids is 3. The molecule has 0 aromatic rings. The van der Waals surface area contributed by atoms with Gasteiger partial charge >= 0.3 is 25.7 Å². The Bertz CT molecular complexity index is 2090. The molecule has 0 radical (unpaired) electrons.